The lowest BCUT2D eigenvalue weighted by atomic mass is 9.92. The number of hydrogen-bond acceptors (Lipinski definition) is 4. The van der Waals surface area contributed by atoms with Gasteiger partial charge in [0, 0.05) is 36.9 Å². The summed E-state index contributed by atoms with van der Waals surface area (Å²) in [5, 5.41) is 4.70. The molecule has 0 bridgehead atoms. The second kappa shape index (κ2) is 4.98. The summed E-state index contributed by atoms with van der Waals surface area (Å²) in [5.74, 6) is 1.60. The highest BCUT2D eigenvalue weighted by atomic mass is 15.3. The van der Waals surface area contributed by atoms with Crippen LogP contribution in [0.4, 0.5) is 5.82 Å². The summed E-state index contributed by atoms with van der Waals surface area (Å²) in [6.45, 7) is 10.7. The SMILES string of the molecule is CC1CC(N)CN(c2nccn3nc(C(C)(C)C)cc23)C1. The Kier molecular flexibility index (Phi) is 3.40. The van der Waals surface area contributed by atoms with Crippen LogP contribution in [0.5, 0.6) is 0 Å². The van der Waals surface area contributed by atoms with E-state index in [0.29, 0.717) is 5.92 Å². The molecule has 1 fully saturated rings. The first-order valence-corrected chi connectivity index (χ1v) is 7.70. The van der Waals surface area contributed by atoms with E-state index in [-0.39, 0.29) is 11.5 Å². The van der Waals surface area contributed by atoms with E-state index in [4.69, 9.17) is 10.8 Å². The Morgan fingerprint density at radius 2 is 2.05 bits per heavy atom. The molecule has 0 amide bonds. The smallest absolute Gasteiger partial charge is 0.154 e. The van der Waals surface area contributed by atoms with Crippen LogP contribution in [0.1, 0.15) is 39.8 Å². The van der Waals surface area contributed by atoms with Crippen molar-refractivity contribution in [3.05, 3.63) is 24.2 Å². The van der Waals surface area contributed by atoms with Crippen molar-refractivity contribution in [3.8, 4) is 0 Å². The van der Waals surface area contributed by atoms with E-state index in [0.717, 1.165) is 36.5 Å². The quantitative estimate of drug-likeness (QED) is 0.873. The average molecular weight is 287 g/mol. The lowest BCUT2D eigenvalue weighted by molar-refractivity contribution is 0.400. The van der Waals surface area contributed by atoms with Gasteiger partial charge in [0.05, 0.1) is 5.69 Å². The molecule has 114 valence electrons. The summed E-state index contributed by atoms with van der Waals surface area (Å²) in [4.78, 5) is 6.91. The first kappa shape index (κ1) is 14.3. The number of piperidine rings is 1. The molecule has 0 radical (unpaired) electrons. The Hall–Kier alpha value is -1.62. The van der Waals surface area contributed by atoms with Crippen molar-refractivity contribution < 1.29 is 0 Å². The lowest BCUT2D eigenvalue weighted by Crippen LogP contribution is -2.46. The first-order chi connectivity index (χ1) is 9.84. The van der Waals surface area contributed by atoms with Crippen LogP contribution in [0.15, 0.2) is 18.5 Å². The Labute approximate surface area is 126 Å². The maximum atomic E-state index is 6.18. The van der Waals surface area contributed by atoms with Gasteiger partial charge in [-0.15, -0.1) is 0 Å². The highest BCUT2D eigenvalue weighted by Crippen LogP contribution is 2.28. The van der Waals surface area contributed by atoms with Crippen molar-refractivity contribution in [1.82, 2.24) is 14.6 Å². The Morgan fingerprint density at radius 1 is 1.29 bits per heavy atom. The number of fused-ring (bicyclic) bond motifs is 1. The highest BCUT2D eigenvalue weighted by molar-refractivity contribution is 5.69. The zero-order valence-electron chi connectivity index (χ0n) is 13.4. The summed E-state index contributed by atoms with van der Waals surface area (Å²) >= 11 is 0. The standard InChI is InChI=1S/C16H25N5/c1-11-7-12(17)10-20(9-11)15-13-8-14(16(2,3)4)19-21(13)6-5-18-15/h5-6,8,11-12H,7,9-10,17H2,1-4H3. The molecule has 2 unspecified atom stereocenters. The zero-order valence-corrected chi connectivity index (χ0v) is 13.4. The predicted octanol–water partition coefficient (Wildman–Crippen LogP) is 2.20. The molecule has 2 aromatic heterocycles. The minimum atomic E-state index is 0.0366. The molecule has 0 aromatic carbocycles. The molecule has 21 heavy (non-hydrogen) atoms. The van der Waals surface area contributed by atoms with E-state index in [1.807, 2.05) is 16.9 Å². The summed E-state index contributed by atoms with van der Waals surface area (Å²) in [7, 11) is 0. The Bertz CT molecular complexity index is 630. The van der Waals surface area contributed by atoms with E-state index in [1.54, 1.807) is 0 Å². The van der Waals surface area contributed by atoms with Crippen LogP contribution in [0, 0.1) is 5.92 Å². The first-order valence-electron chi connectivity index (χ1n) is 7.70. The third-order valence-electron chi connectivity index (χ3n) is 4.13. The molecule has 0 aliphatic carbocycles. The van der Waals surface area contributed by atoms with Crippen LogP contribution >= 0.6 is 0 Å². The highest BCUT2D eigenvalue weighted by Gasteiger charge is 2.26. The third-order valence-corrected chi connectivity index (χ3v) is 4.13. The maximum absolute atomic E-state index is 6.18. The number of rotatable bonds is 1. The summed E-state index contributed by atoms with van der Waals surface area (Å²) < 4.78 is 1.94. The van der Waals surface area contributed by atoms with Gasteiger partial charge in [-0.05, 0) is 18.4 Å². The number of hydrogen-bond donors (Lipinski definition) is 1. The molecule has 1 aliphatic rings. The molecule has 0 spiro atoms. The van der Waals surface area contributed by atoms with E-state index < -0.39 is 0 Å². The largest absolute Gasteiger partial charge is 0.353 e. The fraction of sp³-hybridized carbons (Fsp3) is 0.625. The van der Waals surface area contributed by atoms with Gasteiger partial charge in [0.1, 0.15) is 5.52 Å². The number of anilines is 1. The van der Waals surface area contributed by atoms with Gasteiger partial charge in [-0.25, -0.2) is 9.50 Å². The molecule has 5 heteroatoms. The van der Waals surface area contributed by atoms with Crippen LogP contribution < -0.4 is 10.6 Å². The minimum absolute atomic E-state index is 0.0366. The maximum Gasteiger partial charge on any atom is 0.154 e. The molecular weight excluding hydrogens is 262 g/mol. The topological polar surface area (TPSA) is 59.5 Å². The number of nitrogens with two attached hydrogens (primary N) is 1. The van der Waals surface area contributed by atoms with Gasteiger partial charge in [0.2, 0.25) is 0 Å². The fourth-order valence-corrected chi connectivity index (χ4v) is 3.09. The van der Waals surface area contributed by atoms with Gasteiger partial charge in [-0.1, -0.05) is 27.7 Å². The second-order valence-electron chi connectivity index (χ2n) is 7.37. The van der Waals surface area contributed by atoms with E-state index in [2.05, 4.69) is 43.6 Å². The van der Waals surface area contributed by atoms with Crippen molar-refractivity contribution >= 4 is 11.3 Å². The molecular formula is C16H25N5. The van der Waals surface area contributed by atoms with Crippen LogP contribution in [-0.2, 0) is 5.41 Å². The zero-order chi connectivity index (χ0) is 15.2. The normalized spacial score (nSPS) is 23.8. The number of aromatic nitrogens is 3. The summed E-state index contributed by atoms with van der Waals surface area (Å²) in [5.41, 5.74) is 8.38. The van der Waals surface area contributed by atoms with Gasteiger partial charge >= 0.3 is 0 Å². The van der Waals surface area contributed by atoms with Crippen LogP contribution in [0.3, 0.4) is 0 Å². The monoisotopic (exact) mass is 287 g/mol. The average Bonchev–Trinajstić information content (AvgIpc) is 2.80. The van der Waals surface area contributed by atoms with Crippen molar-refractivity contribution in [2.75, 3.05) is 18.0 Å². The van der Waals surface area contributed by atoms with Crippen molar-refractivity contribution in [3.63, 3.8) is 0 Å². The molecule has 2 N–H and O–H groups in total. The molecule has 1 aliphatic heterocycles. The van der Waals surface area contributed by atoms with Crippen LogP contribution in [0.25, 0.3) is 5.52 Å². The molecule has 3 heterocycles. The predicted molar refractivity (Wildman–Crippen MR) is 85.7 cm³/mol. The third kappa shape index (κ3) is 2.75. The van der Waals surface area contributed by atoms with E-state index in [1.165, 1.54) is 0 Å². The van der Waals surface area contributed by atoms with Crippen molar-refractivity contribution in [2.45, 2.75) is 45.6 Å². The molecule has 2 atom stereocenters. The second-order valence-corrected chi connectivity index (χ2v) is 7.37. The lowest BCUT2D eigenvalue weighted by Gasteiger charge is -2.35. The van der Waals surface area contributed by atoms with Gasteiger partial charge in [0.25, 0.3) is 0 Å². The molecule has 3 rings (SSSR count). The van der Waals surface area contributed by atoms with E-state index >= 15 is 0 Å². The van der Waals surface area contributed by atoms with Gasteiger partial charge in [-0.3, -0.25) is 0 Å². The molecule has 1 saturated heterocycles. The summed E-state index contributed by atoms with van der Waals surface area (Å²) in [6, 6.07) is 2.38. The van der Waals surface area contributed by atoms with Gasteiger partial charge in [0.15, 0.2) is 5.82 Å². The minimum Gasteiger partial charge on any atom is -0.353 e. The molecule has 2 aromatic rings. The van der Waals surface area contributed by atoms with Gasteiger partial charge < -0.3 is 10.6 Å². The van der Waals surface area contributed by atoms with Gasteiger partial charge in [-0.2, -0.15) is 5.10 Å². The Morgan fingerprint density at radius 3 is 2.71 bits per heavy atom. The van der Waals surface area contributed by atoms with Crippen LogP contribution in [0.2, 0.25) is 0 Å². The summed E-state index contributed by atoms with van der Waals surface area (Å²) in [6.07, 6.45) is 4.83. The Balaban J connectivity index is 2.04. The molecule has 5 nitrogen and oxygen atoms in total. The molecule has 0 saturated carbocycles. The van der Waals surface area contributed by atoms with Crippen LogP contribution in [-0.4, -0.2) is 33.7 Å². The fourth-order valence-electron chi connectivity index (χ4n) is 3.09. The van der Waals surface area contributed by atoms with Crippen molar-refractivity contribution in [2.24, 2.45) is 11.7 Å². The van der Waals surface area contributed by atoms with Crippen molar-refractivity contribution in [1.29, 1.82) is 0 Å². The van der Waals surface area contributed by atoms with E-state index in [9.17, 15) is 0 Å². The number of nitrogens with zero attached hydrogens (tertiary/aromatic N) is 4.